The van der Waals surface area contributed by atoms with Gasteiger partial charge in [-0.05, 0) is 36.5 Å². The van der Waals surface area contributed by atoms with Crippen LogP contribution in [0.1, 0.15) is 25.3 Å². The molecule has 2 N–H and O–H groups in total. The summed E-state index contributed by atoms with van der Waals surface area (Å²) in [6, 6.07) is 8.47. The number of hydrogen-bond donors (Lipinski definition) is 2. The van der Waals surface area contributed by atoms with Gasteiger partial charge in [0.1, 0.15) is 0 Å². The summed E-state index contributed by atoms with van der Waals surface area (Å²) in [4.78, 5) is 2.45. The molecule has 4 heteroatoms. The topological polar surface area (TPSA) is 47.9 Å². The van der Waals surface area contributed by atoms with Gasteiger partial charge in [-0.3, -0.25) is 0 Å². The summed E-state index contributed by atoms with van der Waals surface area (Å²) in [7, 11) is 0. The van der Waals surface area contributed by atoms with Gasteiger partial charge in [0.25, 0.3) is 0 Å². The number of rotatable bonds is 5. The fraction of sp³-hybridized carbons (Fsp3) is 0.533. The summed E-state index contributed by atoms with van der Waals surface area (Å²) in [6.07, 6.45) is 4.35. The average Bonchev–Trinajstić information content (AvgIpc) is 2.45. The maximum Gasteiger partial charge on any atom is 0.0620 e. The van der Waals surface area contributed by atoms with Crippen LogP contribution in [0.4, 0.5) is 5.69 Å². The predicted molar refractivity (Wildman–Crippen MR) is 79.7 cm³/mol. The Morgan fingerprint density at radius 1 is 1.32 bits per heavy atom. The summed E-state index contributed by atoms with van der Waals surface area (Å²) in [5.41, 5.74) is 5.14. The Labute approximate surface area is 115 Å². The van der Waals surface area contributed by atoms with Gasteiger partial charge < -0.3 is 15.4 Å². The van der Waals surface area contributed by atoms with Crippen LogP contribution in [0.3, 0.4) is 0 Å². The molecule has 0 atom stereocenters. The zero-order valence-electron chi connectivity index (χ0n) is 11.5. The van der Waals surface area contributed by atoms with E-state index in [1.807, 2.05) is 0 Å². The zero-order chi connectivity index (χ0) is 13.5. The number of piperidine rings is 1. The number of aliphatic hydroxyl groups is 1. The Balaban J connectivity index is 1.89. The lowest BCUT2D eigenvalue weighted by Gasteiger charge is -2.32. The molecule has 2 rings (SSSR count). The first kappa shape index (κ1) is 13.9. The molecule has 0 bridgehead atoms. The monoisotopic (exact) mass is 261 g/mol. The molecule has 0 radical (unpaired) electrons. The Morgan fingerprint density at radius 2 is 2.00 bits per heavy atom. The van der Waals surface area contributed by atoms with Crippen LogP contribution in [-0.4, -0.2) is 37.6 Å². The van der Waals surface area contributed by atoms with Gasteiger partial charge >= 0.3 is 0 Å². The molecule has 1 aliphatic heterocycles. The molecule has 104 valence electrons. The van der Waals surface area contributed by atoms with Gasteiger partial charge in [-0.2, -0.15) is 5.10 Å². The van der Waals surface area contributed by atoms with E-state index in [4.69, 9.17) is 5.11 Å². The van der Waals surface area contributed by atoms with Gasteiger partial charge in [0, 0.05) is 18.8 Å². The zero-order valence-corrected chi connectivity index (χ0v) is 11.5. The van der Waals surface area contributed by atoms with Crippen LogP contribution in [0.25, 0.3) is 0 Å². The van der Waals surface area contributed by atoms with Gasteiger partial charge in [0.15, 0.2) is 0 Å². The van der Waals surface area contributed by atoms with E-state index in [1.165, 1.54) is 18.5 Å². The van der Waals surface area contributed by atoms with Crippen LogP contribution < -0.4 is 10.3 Å². The smallest absolute Gasteiger partial charge is 0.0620 e. The SMILES string of the molecule is CC1CCN(c2ccc(C=NNCCO)cc2)CC1. The maximum atomic E-state index is 8.62. The third-order valence-electron chi connectivity index (χ3n) is 3.57. The molecule has 0 unspecified atom stereocenters. The molecule has 19 heavy (non-hydrogen) atoms. The van der Waals surface area contributed by atoms with E-state index in [2.05, 4.69) is 46.6 Å². The number of hydrogen-bond acceptors (Lipinski definition) is 4. The Morgan fingerprint density at radius 3 is 2.63 bits per heavy atom. The number of anilines is 1. The van der Waals surface area contributed by atoms with Gasteiger partial charge in [0.05, 0.1) is 19.4 Å². The number of benzene rings is 1. The van der Waals surface area contributed by atoms with Crippen LogP contribution in [-0.2, 0) is 0 Å². The molecule has 0 aliphatic carbocycles. The van der Waals surface area contributed by atoms with Gasteiger partial charge in [-0.1, -0.05) is 19.1 Å². The van der Waals surface area contributed by atoms with E-state index in [-0.39, 0.29) is 6.61 Å². The van der Waals surface area contributed by atoms with E-state index >= 15 is 0 Å². The van der Waals surface area contributed by atoms with E-state index in [0.29, 0.717) is 6.54 Å². The second-order valence-electron chi connectivity index (χ2n) is 5.15. The van der Waals surface area contributed by atoms with Gasteiger partial charge in [0.2, 0.25) is 0 Å². The van der Waals surface area contributed by atoms with Gasteiger partial charge in [-0.25, -0.2) is 0 Å². The first-order chi connectivity index (χ1) is 9.29. The fourth-order valence-corrected chi connectivity index (χ4v) is 2.27. The summed E-state index contributed by atoms with van der Waals surface area (Å²) in [5, 5.41) is 12.7. The number of nitrogens with zero attached hydrogens (tertiary/aromatic N) is 2. The number of hydrazone groups is 1. The van der Waals surface area contributed by atoms with E-state index in [0.717, 1.165) is 24.6 Å². The summed E-state index contributed by atoms with van der Waals surface area (Å²) in [5.74, 6) is 0.861. The normalized spacial score (nSPS) is 17.1. The van der Waals surface area contributed by atoms with Crippen LogP contribution in [0.15, 0.2) is 29.4 Å². The average molecular weight is 261 g/mol. The molecule has 0 saturated carbocycles. The van der Waals surface area contributed by atoms with Crippen molar-refractivity contribution in [2.75, 3.05) is 31.1 Å². The van der Waals surface area contributed by atoms with Crippen LogP contribution >= 0.6 is 0 Å². The third kappa shape index (κ3) is 4.24. The second kappa shape index (κ2) is 7.14. The second-order valence-corrected chi connectivity index (χ2v) is 5.15. The summed E-state index contributed by atoms with van der Waals surface area (Å²) < 4.78 is 0. The minimum Gasteiger partial charge on any atom is -0.394 e. The molecule has 0 spiro atoms. The van der Waals surface area contributed by atoms with Crippen LogP contribution in [0.2, 0.25) is 0 Å². The lowest BCUT2D eigenvalue weighted by molar-refractivity contribution is 0.294. The Kier molecular flexibility index (Phi) is 5.21. The number of aliphatic hydroxyl groups excluding tert-OH is 1. The molecule has 1 aromatic carbocycles. The van der Waals surface area contributed by atoms with Crippen molar-refractivity contribution in [1.29, 1.82) is 0 Å². The highest BCUT2D eigenvalue weighted by molar-refractivity contribution is 5.80. The lowest BCUT2D eigenvalue weighted by Crippen LogP contribution is -2.32. The quantitative estimate of drug-likeness (QED) is 0.483. The molecule has 1 aliphatic rings. The Bertz CT molecular complexity index is 394. The summed E-state index contributed by atoms with van der Waals surface area (Å²) >= 11 is 0. The fourth-order valence-electron chi connectivity index (χ4n) is 2.27. The lowest BCUT2D eigenvalue weighted by atomic mass is 9.99. The van der Waals surface area contributed by atoms with Crippen LogP contribution in [0, 0.1) is 5.92 Å². The van der Waals surface area contributed by atoms with Crippen molar-refractivity contribution in [2.45, 2.75) is 19.8 Å². The minimum absolute atomic E-state index is 0.101. The maximum absolute atomic E-state index is 8.62. The largest absolute Gasteiger partial charge is 0.394 e. The van der Waals surface area contributed by atoms with Crippen molar-refractivity contribution in [3.63, 3.8) is 0 Å². The Hall–Kier alpha value is -1.55. The summed E-state index contributed by atoms with van der Waals surface area (Å²) in [6.45, 7) is 5.24. The molecular formula is C15H23N3O. The molecule has 0 amide bonds. The first-order valence-electron chi connectivity index (χ1n) is 7.01. The third-order valence-corrected chi connectivity index (χ3v) is 3.57. The molecule has 4 nitrogen and oxygen atoms in total. The van der Waals surface area contributed by atoms with Crippen molar-refractivity contribution in [3.05, 3.63) is 29.8 Å². The number of nitrogens with one attached hydrogen (secondary N) is 1. The van der Waals surface area contributed by atoms with Crippen molar-refractivity contribution in [2.24, 2.45) is 11.0 Å². The highest BCUT2D eigenvalue weighted by Gasteiger charge is 2.15. The molecule has 1 fully saturated rings. The highest BCUT2D eigenvalue weighted by atomic mass is 16.3. The van der Waals surface area contributed by atoms with Crippen molar-refractivity contribution in [3.8, 4) is 0 Å². The first-order valence-corrected chi connectivity index (χ1v) is 7.01. The molecule has 1 saturated heterocycles. The van der Waals surface area contributed by atoms with Crippen molar-refractivity contribution in [1.82, 2.24) is 5.43 Å². The highest BCUT2D eigenvalue weighted by Crippen LogP contribution is 2.22. The molecule has 1 heterocycles. The van der Waals surface area contributed by atoms with Crippen molar-refractivity contribution < 1.29 is 5.11 Å². The molecule has 0 aromatic heterocycles. The van der Waals surface area contributed by atoms with Crippen LogP contribution in [0.5, 0.6) is 0 Å². The van der Waals surface area contributed by atoms with E-state index in [9.17, 15) is 0 Å². The molecule has 1 aromatic rings. The molecular weight excluding hydrogens is 238 g/mol. The minimum atomic E-state index is 0.101. The van der Waals surface area contributed by atoms with E-state index in [1.54, 1.807) is 6.21 Å². The van der Waals surface area contributed by atoms with Gasteiger partial charge in [-0.15, -0.1) is 0 Å². The van der Waals surface area contributed by atoms with E-state index < -0.39 is 0 Å². The predicted octanol–water partition coefficient (Wildman–Crippen LogP) is 1.84. The van der Waals surface area contributed by atoms with Crippen molar-refractivity contribution >= 4 is 11.9 Å². The standard InChI is InChI=1S/C15H23N3O/c1-13-6-9-18(10-7-13)15-4-2-14(3-5-15)12-17-16-8-11-19/h2-5,12-13,16,19H,6-11H2,1H3.